The zero-order chi connectivity index (χ0) is 19.1. The van der Waals surface area contributed by atoms with Crippen LogP contribution in [-0.2, 0) is 14.4 Å². The molecule has 3 fully saturated rings. The molecular weight excluding hydrogens is 332 g/mol. The second-order valence-electron chi connectivity index (χ2n) is 9.07. The molecule has 0 amide bonds. The Kier molecular flexibility index (Phi) is 3.58. The first-order chi connectivity index (χ1) is 12.1. The third-order valence-corrected chi connectivity index (χ3v) is 8.18. The number of Topliss-reactive ketones (excluding diaryl/α,β-unsaturated/α-hetero) is 2. The lowest BCUT2D eigenvalue weighted by Gasteiger charge is -2.57. The van der Waals surface area contributed by atoms with Gasteiger partial charge in [-0.05, 0) is 62.2 Å². The van der Waals surface area contributed by atoms with Crippen LogP contribution in [0.1, 0.15) is 46.5 Å². The highest BCUT2D eigenvalue weighted by atomic mass is 16.3. The smallest absolute Gasteiger partial charge is 0.178 e. The van der Waals surface area contributed by atoms with E-state index in [1.807, 2.05) is 19.9 Å². The van der Waals surface area contributed by atoms with Crippen molar-refractivity contribution in [3.63, 3.8) is 0 Å². The molecule has 0 radical (unpaired) electrons. The molecule has 0 aromatic rings. The molecule has 5 nitrogen and oxygen atoms in total. The van der Waals surface area contributed by atoms with Gasteiger partial charge in [0.2, 0.25) is 0 Å². The van der Waals surface area contributed by atoms with Gasteiger partial charge in [-0.2, -0.15) is 0 Å². The van der Waals surface area contributed by atoms with Crippen LogP contribution < -0.4 is 0 Å². The topological polar surface area (TPSA) is 91.7 Å². The molecule has 140 valence electrons. The molecule has 0 aliphatic heterocycles. The van der Waals surface area contributed by atoms with Gasteiger partial charge in [0.1, 0.15) is 11.7 Å². The van der Waals surface area contributed by atoms with E-state index in [0.717, 1.165) is 0 Å². The van der Waals surface area contributed by atoms with Gasteiger partial charge in [-0.25, -0.2) is 0 Å². The zero-order valence-corrected chi connectivity index (χ0v) is 15.5. The van der Waals surface area contributed by atoms with E-state index in [-0.39, 0.29) is 29.2 Å². The molecule has 0 heterocycles. The average molecular weight is 358 g/mol. The van der Waals surface area contributed by atoms with Crippen LogP contribution >= 0.6 is 0 Å². The average Bonchev–Trinajstić information content (AvgIpc) is 2.87. The van der Waals surface area contributed by atoms with E-state index in [0.29, 0.717) is 31.3 Å². The molecule has 26 heavy (non-hydrogen) atoms. The number of carbonyl (C=O) groups is 3. The number of hydrogen-bond donors (Lipinski definition) is 2. The maximum absolute atomic E-state index is 13.1. The van der Waals surface area contributed by atoms with Gasteiger partial charge < -0.3 is 10.2 Å². The standard InChI is InChI=1S/C21H26O5/c1-11(22)21(26)9-6-14-16-13(5-8-20(14,21)3)19(2)7-4-12(23)10-15(19)17(24)18(16)25/h4,7,10,13-14,16-17,24,26H,5-6,8-9H2,1-3H3/t13-,14-,16+,17-,19+,20-,21-/m0/s1. The van der Waals surface area contributed by atoms with Crippen molar-refractivity contribution in [3.8, 4) is 0 Å². The van der Waals surface area contributed by atoms with E-state index in [1.165, 1.54) is 19.1 Å². The van der Waals surface area contributed by atoms with Gasteiger partial charge in [-0.3, -0.25) is 14.4 Å². The predicted molar refractivity (Wildman–Crippen MR) is 94.0 cm³/mol. The normalized spacial score (nSPS) is 50.0. The quantitative estimate of drug-likeness (QED) is 0.745. The second kappa shape index (κ2) is 5.23. The van der Waals surface area contributed by atoms with Crippen LogP contribution in [0.15, 0.2) is 23.8 Å². The summed E-state index contributed by atoms with van der Waals surface area (Å²) in [5.74, 6) is -1.26. The Hall–Kier alpha value is -1.59. The maximum atomic E-state index is 13.1. The first-order valence-corrected chi connectivity index (χ1v) is 9.47. The van der Waals surface area contributed by atoms with Gasteiger partial charge >= 0.3 is 0 Å². The summed E-state index contributed by atoms with van der Waals surface area (Å²) in [6.45, 7) is 5.34. The van der Waals surface area contributed by atoms with Crippen LogP contribution in [0, 0.1) is 28.6 Å². The summed E-state index contributed by atoms with van der Waals surface area (Å²) in [4.78, 5) is 37.2. The van der Waals surface area contributed by atoms with Crippen LogP contribution in [0.3, 0.4) is 0 Å². The number of hydrogen-bond acceptors (Lipinski definition) is 5. The van der Waals surface area contributed by atoms with Crippen molar-refractivity contribution in [2.24, 2.45) is 28.6 Å². The molecule has 7 atom stereocenters. The lowest BCUT2D eigenvalue weighted by molar-refractivity contribution is -0.166. The monoisotopic (exact) mass is 358 g/mol. The summed E-state index contributed by atoms with van der Waals surface area (Å²) in [7, 11) is 0. The van der Waals surface area contributed by atoms with Crippen molar-refractivity contribution in [3.05, 3.63) is 23.8 Å². The van der Waals surface area contributed by atoms with Crippen LogP contribution in [0.5, 0.6) is 0 Å². The molecule has 3 saturated carbocycles. The van der Waals surface area contributed by atoms with Gasteiger partial charge in [0.25, 0.3) is 0 Å². The first kappa shape index (κ1) is 17.8. The van der Waals surface area contributed by atoms with Gasteiger partial charge in [-0.15, -0.1) is 0 Å². The Bertz CT molecular complexity index is 779. The highest BCUT2D eigenvalue weighted by Gasteiger charge is 2.68. The minimum absolute atomic E-state index is 0.0265. The zero-order valence-electron chi connectivity index (χ0n) is 15.5. The highest BCUT2D eigenvalue weighted by Crippen LogP contribution is 2.66. The molecule has 4 aliphatic carbocycles. The van der Waals surface area contributed by atoms with E-state index >= 15 is 0 Å². The predicted octanol–water partition coefficient (Wildman–Crippen LogP) is 1.76. The van der Waals surface area contributed by atoms with Crippen molar-refractivity contribution in [1.29, 1.82) is 0 Å². The van der Waals surface area contributed by atoms with Gasteiger partial charge in [0, 0.05) is 16.7 Å². The van der Waals surface area contributed by atoms with E-state index in [4.69, 9.17) is 0 Å². The van der Waals surface area contributed by atoms with Crippen LogP contribution in [-0.4, -0.2) is 39.3 Å². The first-order valence-electron chi connectivity index (χ1n) is 9.47. The molecular formula is C21H26O5. The fraction of sp³-hybridized carbons (Fsp3) is 0.667. The number of aliphatic hydroxyl groups excluding tert-OH is 1. The van der Waals surface area contributed by atoms with Crippen LogP contribution in [0.2, 0.25) is 0 Å². The number of aliphatic hydroxyl groups is 2. The van der Waals surface area contributed by atoms with Gasteiger partial charge in [0.15, 0.2) is 17.3 Å². The molecule has 2 N–H and O–H groups in total. The lowest BCUT2D eigenvalue weighted by Crippen LogP contribution is -2.61. The van der Waals surface area contributed by atoms with Crippen LogP contribution in [0.4, 0.5) is 0 Å². The Morgan fingerprint density at radius 2 is 1.81 bits per heavy atom. The highest BCUT2D eigenvalue weighted by molar-refractivity contribution is 6.03. The number of rotatable bonds is 1. The van der Waals surface area contributed by atoms with E-state index in [1.54, 1.807) is 0 Å². The summed E-state index contributed by atoms with van der Waals surface area (Å²) < 4.78 is 0. The molecule has 0 saturated heterocycles. The molecule has 0 bridgehead atoms. The van der Waals surface area contributed by atoms with Gasteiger partial charge in [0.05, 0.1) is 0 Å². The minimum atomic E-state index is -1.40. The van der Waals surface area contributed by atoms with Crippen molar-refractivity contribution in [2.75, 3.05) is 0 Å². The molecule has 0 aromatic heterocycles. The summed E-state index contributed by atoms with van der Waals surface area (Å²) in [6.07, 6.45) is 5.79. The van der Waals surface area contributed by atoms with E-state index in [2.05, 4.69) is 0 Å². The molecule has 5 heteroatoms. The molecule has 0 spiro atoms. The van der Waals surface area contributed by atoms with E-state index < -0.39 is 28.5 Å². The summed E-state index contributed by atoms with van der Waals surface area (Å²) in [6, 6.07) is 0. The lowest BCUT2D eigenvalue weighted by atomic mass is 9.46. The summed E-state index contributed by atoms with van der Waals surface area (Å²) >= 11 is 0. The van der Waals surface area contributed by atoms with Crippen molar-refractivity contribution < 1.29 is 24.6 Å². The molecule has 4 rings (SSSR count). The minimum Gasteiger partial charge on any atom is -0.382 e. The number of carbonyl (C=O) groups excluding carboxylic acids is 3. The summed E-state index contributed by atoms with van der Waals surface area (Å²) in [5, 5.41) is 21.8. The third kappa shape index (κ3) is 1.91. The Labute approximate surface area is 153 Å². The Morgan fingerprint density at radius 1 is 1.15 bits per heavy atom. The second-order valence-corrected chi connectivity index (χ2v) is 9.07. The molecule has 0 aromatic carbocycles. The van der Waals surface area contributed by atoms with Crippen molar-refractivity contribution >= 4 is 17.3 Å². The summed E-state index contributed by atoms with van der Waals surface area (Å²) in [5.41, 5.74) is -2.09. The number of fused-ring (bicyclic) bond motifs is 5. The molecule has 4 aliphatic rings. The SMILES string of the molecule is CC(=O)[C@@]1(O)CC[C@H]2[C@@H]3C(=O)[C@@H](O)C4=CC(=O)C=C[C@]4(C)[C@H]3CC[C@@]21C. The van der Waals surface area contributed by atoms with Crippen molar-refractivity contribution in [2.45, 2.75) is 58.2 Å². The van der Waals surface area contributed by atoms with Gasteiger partial charge in [-0.1, -0.05) is 19.9 Å². The Balaban J connectivity index is 1.81. The maximum Gasteiger partial charge on any atom is 0.178 e. The fourth-order valence-corrected chi connectivity index (χ4v) is 6.56. The van der Waals surface area contributed by atoms with E-state index in [9.17, 15) is 24.6 Å². The number of ketones is 3. The molecule has 0 unspecified atom stereocenters. The van der Waals surface area contributed by atoms with Crippen LogP contribution in [0.25, 0.3) is 0 Å². The van der Waals surface area contributed by atoms with Crippen molar-refractivity contribution in [1.82, 2.24) is 0 Å². The largest absolute Gasteiger partial charge is 0.382 e. The fourth-order valence-electron chi connectivity index (χ4n) is 6.56. The number of allylic oxidation sites excluding steroid dienone is 3. The Morgan fingerprint density at radius 3 is 2.46 bits per heavy atom. The third-order valence-electron chi connectivity index (χ3n) is 8.18.